The van der Waals surface area contributed by atoms with Crippen molar-refractivity contribution in [3.8, 4) is 11.4 Å². The van der Waals surface area contributed by atoms with Crippen molar-refractivity contribution in [3.05, 3.63) is 60.7 Å². The van der Waals surface area contributed by atoms with Crippen LogP contribution in [-0.2, 0) is 19.3 Å². The molecule has 118 valence electrons. The third kappa shape index (κ3) is 3.22. The minimum Gasteiger partial charge on any atom is -0.337 e. The van der Waals surface area contributed by atoms with E-state index in [0.717, 1.165) is 28.1 Å². The Morgan fingerprint density at radius 2 is 2.09 bits per heavy atom. The third-order valence-electron chi connectivity index (χ3n) is 3.67. The number of aryl methyl sites for hydroxylation is 2. The molecular formula is C17H19N5S. The Labute approximate surface area is 140 Å². The first kappa shape index (κ1) is 15.6. The van der Waals surface area contributed by atoms with Crippen LogP contribution in [0.5, 0.6) is 0 Å². The van der Waals surface area contributed by atoms with Gasteiger partial charge in [-0.1, -0.05) is 42.1 Å². The Bertz CT molecular complexity index is 818. The summed E-state index contributed by atoms with van der Waals surface area (Å²) in [5.74, 6) is 2.65. The summed E-state index contributed by atoms with van der Waals surface area (Å²) in [5, 5.41) is 9.66. The monoisotopic (exact) mass is 325 g/mol. The van der Waals surface area contributed by atoms with Crippen molar-refractivity contribution >= 4 is 11.8 Å². The Morgan fingerprint density at radius 3 is 2.78 bits per heavy atom. The normalized spacial score (nSPS) is 10.9. The second-order valence-corrected chi connectivity index (χ2v) is 6.21. The first-order valence-corrected chi connectivity index (χ1v) is 8.38. The predicted molar refractivity (Wildman–Crippen MR) is 93.2 cm³/mol. The molecule has 0 amide bonds. The number of thioether (sulfide) groups is 1. The topological polar surface area (TPSA) is 48.5 Å². The van der Waals surface area contributed by atoms with Gasteiger partial charge in [0.05, 0.1) is 5.75 Å². The molecule has 0 unspecified atom stereocenters. The summed E-state index contributed by atoms with van der Waals surface area (Å²) in [5.41, 5.74) is 2.29. The zero-order chi connectivity index (χ0) is 16.2. The maximum atomic E-state index is 4.41. The summed E-state index contributed by atoms with van der Waals surface area (Å²) in [6.45, 7) is 6.62. The Morgan fingerprint density at radius 1 is 1.26 bits per heavy atom. The molecule has 0 radical (unpaired) electrons. The molecule has 0 bridgehead atoms. The molecular weight excluding hydrogens is 306 g/mol. The molecule has 5 nitrogen and oxygen atoms in total. The number of nitrogens with zero attached hydrogens (tertiary/aromatic N) is 5. The Balaban J connectivity index is 1.91. The van der Waals surface area contributed by atoms with Crippen molar-refractivity contribution in [1.29, 1.82) is 0 Å². The van der Waals surface area contributed by atoms with Gasteiger partial charge in [0.25, 0.3) is 0 Å². The van der Waals surface area contributed by atoms with Crippen molar-refractivity contribution in [1.82, 2.24) is 24.3 Å². The van der Waals surface area contributed by atoms with E-state index in [1.165, 1.54) is 5.56 Å². The molecule has 0 aliphatic rings. The number of rotatable bonds is 6. The lowest BCUT2D eigenvalue weighted by Gasteiger charge is -2.09. The van der Waals surface area contributed by atoms with Crippen molar-refractivity contribution in [2.75, 3.05) is 0 Å². The van der Waals surface area contributed by atoms with Gasteiger partial charge >= 0.3 is 0 Å². The van der Waals surface area contributed by atoms with Gasteiger partial charge in [-0.25, -0.2) is 4.98 Å². The number of hydrogen-bond acceptors (Lipinski definition) is 4. The lowest BCUT2D eigenvalue weighted by Crippen LogP contribution is -2.02. The smallest absolute Gasteiger partial charge is 0.192 e. The highest BCUT2D eigenvalue weighted by atomic mass is 32.2. The fraction of sp³-hybridized carbons (Fsp3) is 0.235. The largest absolute Gasteiger partial charge is 0.337 e. The van der Waals surface area contributed by atoms with E-state index in [-0.39, 0.29) is 0 Å². The van der Waals surface area contributed by atoms with E-state index in [4.69, 9.17) is 0 Å². The van der Waals surface area contributed by atoms with Crippen molar-refractivity contribution in [3.63, 3.8) is 0 Å². The minimum absolute atomic E-state index is 0.680. The molecule has 0 aliphatic heterocycles. The fourth-order valence-electron chi connectivity index (χ4n) is 2.38. The molecule has 0 N–H and O–H groups in total. The summed E-state index contributed by atoms with van der Waals surface area (Å²) >= 11 is 1.64. The summed E-state index contributed by atoms with van der Waals surface area (Å²) in [4.78, 5) is 4.35. The van der Waals surface area contributed by atoms with E-state index in [2.05, 4.69) is 45.4 Å². The predicted octanol–water partition coefficient (Wildman–Crippen LogP) is 3.47. The van der Waals surface area contributed by atoms with E-state index in [1.54, 1.807) is 11.8 Å². The van der Waals surface area contributed by atoms with Gasteiger partial charge in [-0.3, -0.25) is 4.57 Å². The molecule has 6 heteroatoms. The number of aromatic nitrogens is 5. The molecule has 0 aliphatic carbocycles. The average molecular weight is 325 g/mol. The molecule has 3 rings (SSSR count). The molecule has 2 heterocycles. The van der Waals surface area contributed by atoms with Gasteiger partial charge in [-0.05, 0) is 12.5 Å². The third-order valence-corrected chi connectivity index (χ3v) is 4.63. The molecule has 23 heavy (non-hydrogen) atoms. The van der Waals surface area contributed by atoms with Crippen LogP contribution < -0.4 is 0 Å². The van der Waals surface area contributed by atoms with Crippen LogP contribution in [0.4, 0.5) is 0 Å². The number of allylic oxidation sites excluding steroid dienone is 1. The number of benzene rings is 1. The van der Waals surface area contributed by atoms with Gasteiger partial charge in [-0.2, -0.15) is 0 Å². The molecule has 0 fully saturated rings. The average Bonchev–Trinajstić information content (AvgIpc) is 3.13. The van der Waals surface area contributed by atoms with E-state index in [1.807, 2.05) is 42.2 Å². The van der Waals surface area contributed by atoms with E-state index in [9.17, 15) is 0 Å². The fourth-order valence-corrected chi connectivity index (χ4v) is 3.33. The van der Waals surface area contributed by atoms with Crippen LogP contribution in [0.25, 0.3) is 11.4 Å². The van der Waals surface area contributed by atoms with Crippen molar-refractivity contribution in [2.45, 2.75) is 24.4 Å². The van der Waals surface area contributed by atoms with Gasteiger partial charge in [0.2, 0.25) is 0 Å². The minimum atomic E-state index is 0.680. The standard InChI is InChI=1S/C17H19N5S/c1-4-10-22-16(14-8-6-5-7-13(14)2)19-20-17(22)23-12-15-18-9-11-21(15)3/h4-9,11H,1,10,12H2,2-3H3. The van der Waals surface area contributed by atoms with Crippen LogP contribution in [-0.4, -0.2) is 24.3 Å². The van der Waals surface area contributed by atoms with Crippen molar-refractivity contribution in [2.24, 2.45) is 7.05 Å². The van der Waals surface area contributed by atoms with Crippen LogP contribution in [0.1, 0.15) is 11.4 Å². The molecule has 3 aromatic rings. The van der Waals surface area contributed by atoms with Crippen LogP contribution in [0, 0.1) is 6.92 Å². The zero-order valence-electron chi connectivity index (χ0n) is 13.3. The Kier molecular flexibility index (Phi) is 4.62. The second kappa shape index (κ2) is 6.83. The second-order valence-electron chi connectivity index (χ2n) is 5.26. The molecule has 0 saturated heterocycles. The Hall–Kier alpha value is -2.34. The first-order chi connectivity index (χ1) is 11.2. The first-order valence-electron chi connectivity index (χ1n) is 7.40. The zero-order valence-corrected chi connectivity index (χ0v) is 14.1. The SMILES string of the molecule is C=CCn1c(SCc2nccn2C)nnc1-c1ccccc1C. The van der Waals surface area contributed by atoms with Gasteiger partial charge in [-0.15, -0.1) is 16.8 Å². The maximum Gasteiger partial charge on any atom is 0.192 e. The van der Waals surface area contributed by atoms with Crippen LogP contribution in [0.2, 0.25) is 0 Å². The summed E-state index contributed by atoms with van der Waals surface area (Å²) in [6.07, 6.45) is 5.63. The van der Waals surface area contributed by atoms with Crippen LogP contribution in [0.15, 0.2) is 54.5 Å². The van der Waals surface area contributed by atoms with Gasteiger partial charge in [0.15, 0.2) is 11.0 Å². The lowest BCUT2D eigenvalue weighted by atomic mass is 10.1. The highest BCUT2D eigenvalue weighted by molar-refractivity contribution is 7.98. The molecule has 0 atom stereocenters. The summed E-state index contributed by atoms with van der Waals surface area (Å²) in [6, 6.07) is 8.22. The highest BCUT2D eigenvalue weighted by Crippen LogP contribution is 2.27. The quantitative estimate of drug-likeness (QED) is 0.514. The molecule has 0 saturated carbocycles. The van der Waals surface area contributed by atoms with Gasteiger partial charge in [0, 0.05) is 31.5 Å². The van der Waals surface area contributed by atoms with Gasteiger partial charge in [0.1, 0.15) is 5.82 Å². The van der Waals surface area contributed by atoms with E-state index in [0.29, 0.717) is 6.54 Å². The molecule has 1 aromatic carbocycles. The maximum absolute atomic E-state index is 4.41. The number of hydrogen-bond donors (Lipinski definition) is 0. The molecule has 0 spiro atoms. The van der Waals surface area contributed by atoms with E-state index >= 15 is 0 Å². The van der Waals surface area contributed by atoms with Gasteiger partial charge < -0.3 is 4.57 Å². The van der Waals surface area contributed by atoms with Crippen molar-refractivity contribution < 1.29 is 0 Å². The molecule has 2 aromatic heterocycles. The number of imidazole rings is 1. The van der Waals surface area contributed by atoms with E-state index < -0.39 is 0 Å². The summed E-state index contributed by atoms with van der Waals surface area (Å²) in [7, 11) is 2.00. The highest BCUT2D eigenvalue weighted by Gasteiger charge is 2.15. The van der Waals surface area contributed by atoms with Crippen LogP contribution in [0.3, 0.4) is 0 Å². The van der Waals surface area contributed by atoms with Crippen LogP contribution >= 0.6 is 11.8 Å². The summed E-state index contributed by atoms with van der Waals surface area (Å²) < 4.78 is 4.12. The lowest BCUT2D eigenvalue weighted by molar-refractivity contribution is 0.729.